The Balaban J connectivity index is 1.58. The molecule has 5 heteroatoms. The lowest BCUT2D eigenvalue weighted by Gasteiger charge is -2.13. The van der Waals surface area contributed by atoms with Crippen LogP contribution in [0.25, 0.3) is 33.1 Å². The van der Waals surface area contributed by atoms with Gasteiger partial charge in [0.15, 0.2) is 5.65 Å². The normalized spacial score (nSPS) is 11.4. The molecule has 0 aliphatic carbocycles. The van der Waals surface area contributed by atoms with Crippen LogP contribution in [0.1, 0.15) is 39.9 Å². The Morgan fingerprint density at radius 1 is 0.970 bits per heavy atom. The molecular formula is C28H25N3O2. The van der Waals surface area contributed by atoms with Gasteiger partial charge >= 0.3 is 5.97 Å². The number of carboxylic acids is 1. The zero-order valence-electron chi connectivity index (χ0n) is 19.0. The number of hydrogen-bond donors (Lipinski definition) is 1. The Bertz CT molecular complexity index is 1510. The molecule has 1 N–H and O–H groups in total. The number of carbonyl (C=O) groups is 1. The molecule has 0 unspecified atom stereocenters. The smallest absolute Gasteiger partial charge is 0.336 e. The molecule has 33 heavy (non-hydrogen) atoms. The maximum absolute atomic E-state index is 12.0. The molecule has 2 heterocycles. The molecule has 0 fully saturated rings. The molecule has 0 atom stereocenters. The molecule has 0 amide bonds. The van der Waals surface area contributed by atoms with Crippen molar-refractivity contribution >= 4 is 27.9 Å². The fourth-order valence-electron chi connectivity index (χ4n) is 4.60. The van der Waals surface area contributed by atoms with E-state index < -0.39 is 5.97 Å². The standard InChI is InChI=1S/C28H25N3O2/c1-4-24-30-26-17(2)15-18(3)29-27(26)31(24)16-19-9-11-21(12-10-19)25-22-8-6-5-7-20(22)13-14-23(25)28(32)33/h5-15H,4,16H2,1-3H3,(H,32,33). The van der Waals surface area contributed by atoms with Crippen LogP contribution in [0, 0.1) is 13.8 Å². The van der Waals surface area contributed by atoms with Gasteiger partial charge in [-0.3, -0.25) is 0 Å². The van der Waals surface area contributed by atoms with E-state index in [1.807, 2.05) is 49.4 Å². The number of aromatic nitrogens is 3. The van der Waals surface area contributed by atoms with Gasteiger partial charge in [-0.25, -0.2) is 14.8 Å². The second-order valence-electron chi connectivity index (χ2n) is 8.43. The van der Waals surface area contributed by atoms with Crippen molar-refractivity contribution < 1.29 is 9.90 Å². The molecule has 0 spiro atoms. The SMILES string of the molecule is CCc1nc2c(C)cc(C)nc2n1Cc1ccc(-c2c(C(=O)O)ccc3ccccc23)cc1. The molecule has 0 radical (unpaired) electrons. The van der Waals surface area contributed by atoms with Crippen LogP contribution < -0.4 is 0 Å². The van der Waals surface area contributed by atoms with Gasteiger partial charge in [0.05, 0.1) is 12.1 Å². The minimum atomic E-state index is -0.922. The van der Waals surface area contributed by atoms with Gasteiger partial charge in [-0.2, -0.15) is 0 Å². The van der Waals surface area contributed by atoms with Crippen molar-refractivity contribution in [2.24, 2.45) is 0 Å². The van der Waals surface area contributed by atoms with Gasteiger partial charge in [0, 0.05) is 17.7 Å². The Morgan fingerprint density at radius 3 is 2.45 bits per heavy atom. The van der Waals surface area contributed by atoms with Crippen molar-refractivity contribution in [3.05, 3.63) is 94.9 Å². The topological polar surface area (TPSA) is 68.0 Å². The average molecular weight is 436 g/mol. The number of fused-ring (bicyclic) bond motifs is 2. The number of aromatic carboxylic acids is 1. The number of nitrogens with zero attached hydrogens (tertiary/aromatic N) is 3. The molecule has 164 valence electrons. The van der Waals surface area contributed by atoms with Gasteiger partial charge in [0.2, 0.25) is 0 Å². The third kappa shape index (κ3) is 3.65. The summed E-state index contributed by atoms with van der Waals surface area (Å²) in [4.78, 5) is 21.6. The van der Waals surface area contributed by atoms with Crippen molar-refractivity contribution in [2.45, 2.75) is 33.7 Å². The van der Waals surface area contributed by atoms with Gasteiger partial charge < -0.3 is 9.67 Å². The first-order valence-electron chi connectivity index (χ1n) is 11.1. The Kier molecular flexibility index (Phi) is 5.17. The number of aryl methyl sites for hydroxylation is 3. The molecular weight excluding hydrogens is 410 g/mol. The van der Waals surface area contributed by atoms with E-state index in [4.69, 9.17) is 9.97 Å². The molecule has 0 bridgehead atoms. The van der Waals surface area contributed by atoms with Crippen molar-refractivity contribution in [3.8, 4) is 11.1 Å². The summed E-state index contributed by atoms with van der Waals surface area (Å²) in [5.41, 5.74) is 7.06. The van der Waals surface area contributed by atoms with E-state index in [0.29, 0.717) is 12.1 Å². The highest BCUT2D eigenvalue weighted by Crippen LogP contribution is 2.33. The number of pyridine rings is 1. The summed E-state index contributed by atoms with van der Waals surface area (Å²) in [6.07, 6.45) is 0.824. The summed E-state index contributed by atoms with van der Waals surface area (Å²) in [6, 6.07) is 21.7. The monoisotopic (exact) mass is 435 g/mol. The van der Waals surface area contributed by atoms with Crippen LogP contribution in [-0.2, 0) is 13.0 Å². The van der Waals surface area contributed by atoms with E-state index in [2.05, 4.69) is 36.6 Å². The number of carboxylic acid groups (broad SMARTS) is 1. The van der Waals surface area contributed by atoms with Crippen molar-refractivity contribution in [2.75, 3.05) is 0 Å². The third-order valence-corrected chi connectivity index (χ3v) is 6.16. The highest BCUT2D eigenvalue weighted by molar-refractivity contribution is 6.07. The van der Waals surface area contributed by atoms with Crippen LogP contribution in [-0.4, -0.2) is 25.6 Å². The van der Waals surface area contributed by atoms with Gasteiger partial charge in [0.1, 0.15) is 11.3 Å². The second-order valence-corrected chi connectivity index (χ2v) is 8.43. The predicted octanol–water partition coefficient (Wildman–Crippen LogP) is 6.18. The van der Waals surface area contributed by atoms with E-state index in [1.165, 1.54) is 0 Å². The zero-order valence-corrected chi connectivity index (χ0v) is 19.0. The van der Waals surface area contributed by atoms with E-state index >= 15 is 0 Å². The van der Waals surface area contributed by atoms with Crippen molar-refractivity contribution in [3.63, 3.8) is 0 Å². The molecule has 2 aromatic heterocycles. The van der Waals surface area contributed by atoms with E-state index in [-0.39, 0.29) is 0 Å². The molecule has 0 saturated carbocycles. The van der Waals surface area contributed by atoms with Crippen LogP contribution >= 0.6 is 0 Å². The summed E-state index contributed by atoms with van der Waals surface area (Å²) < 4.78 is 2.19. The number of imidazole rings is 1. The molecule has 0 aliphatic rings. The Hall–Kier alpha value is -3.99. The van der Waals surface area contributed by atoms with Gasteiger partial charge in [-0.1, -0.05) is 61.5 Å². The van der Waals surface area contributed by atoms with Crippen molar-refractivity contribution in [1.82, 2.24) is 14.5 Å². The predicted molar refractivity (Wildman–Crippen MR) is 132 cm³/mol. The lowest BCUT2D eigenvalue weighted by atomic mass is 9.93. The quantitative estimate of drug-likeness (QED) is 0.358. The lowest BCUT2D eigenvalue weighted by molar-refractivity contribution is 0.0698. The summed E-state index contributed by atoms with van der Waals surface area (Å²) in [6.45, 7) is 6.86. The average Bonchev–Trinajstić information content (AvgIpc) is 3.16. The minimum absolute atomic E-state index is 0.311. The van der Waals surface area contributed by atoms with Crippen LogP contribution in [0.5, 0.6) is 0 Å². The van der Waals surface area contributed by atoms with E-state index in [0.717, 1.165) is 62.1 Å². The fraction of sp³-hybridized carbons (Fsp3) is 0.179. The molecule has 5 nitrogen and oxygen atoms in total. The zero-order chi connectivity index (χ0) is 23.1. The first-order valence-corrected chi connectivity index (χ1v) is 11.1. The first kappa shape index (κ1) is 20.9. The summed E-state index contributed by atoms with van der Waals surface area (Å²) >= 11 is 0. The molecule has 5 aromatic rings. The van der Waals surface area contributed by atoms with Crippen LogP contribution in [0.3, 0.4) is 0 Å². The maximum Gasteiger partial charge on any atom is 0.336 e. The van der Waals surface area contributed by atoms with Crippen LogP contribution in [0.4, 0.5) is 0 Å². The minimum Gasteiger partial charge on any atom is -0.478 e. The first-order chi connectivity index (χ1) is 16.0. The van der Waals surface area contributed by atoms with E-state index in [9.17, 15) is 9.90 Å². The van der Waals surface area contributed by atoms with Gasteiger partial charge in [-0.15, -0.1) is 0 Å². The number of benzene rings is 3. The highest BCUT2D eigenvalue weighted by Gasteiger charge is 2.16. The number of hydrogen-bond acceptors (Lipinski definition) is 3. The highest BCUT2D eigenvalue weighted by atomic mass is 16.4. The van der Waals surface area contributed by atoms with Crippen molar-refractivity contribution in [1.29, 1.82) is 0 Å². The summed E-state index contributed by atoms with van der Waals surface area (Å²) in [7, 11) is 0. The Morgan fingerprint density at radius 2 is 1.73 bits per heavy atom. The van der Waals surface area contributed by atoms with Crippen LogP contribution in [0.2, 0.25) is 0 Å². The third-order valence-electron chi connectivity index (χ3n) is 6.16. The summed E-state index contributed by atoms with van der Waals surface area (Å²) in [5.74, 6) is 0.0895. The molecule has 5 rings (SSSR count). The molecule has 3 aromatic carbocycles. The van der Waals surface area contributed by atoms with Gasteiger partial charge in [-0.05, 0) is 53.4 Å². The molecule has 0 aliphatic heterocycles. The largest absolute Gasteiger partial charge is 0.478 e. The van der Waals surface area contributed by atoms with Gasteiger partial charge in [0.25, 0.3) is 0 Å². The molecule has 0 saturated heterocycles. The maximum atomic E-state index is 12.0. The Labute approximate surface area is 192 Å². The second kappa shape index (κ2) is 8.17. The number of rotatable bonds is 5. The fourth-order valence-corrected chi connectivity index (χ4v) is 4.60. The van der Waals surface area contributed by atoms with E-state index in [1.54, 1.807) is 6.07 Å². The summed E-state index contributed by atoms with van der Waals surface area (Å²) in [5, 5.41) is 11.8. The van der Waals surface area contributed by atoms with Crippen LogP contribution in [0.15, 0.2) is 66.7 Å². The lowest BCUT2D eigenvalue weighted by Crippen LogP contribution is -2.06.